The van der Waals surface area contributed by atoms with Crippen molar-refractivity contribution in [3.63, 3.8) is 0 Å². The van der Waals surface area contributed by atoms with E-state index >= 15 is 0 Å². The van der Waals surface area contributed by atoms with E-state index in [1.165, 1.54) is 6.07 Å². The van der Waals surface area contributed by atoms with Crippen molar-refractivity contribution in [2.45, 2.75) is 6.18 Å². The summed E-state index contributed by atoms with van der Waals surface area (Å²) in [6, 6.07) is 12.2. The van der Waals surface area contributed by atoms with E-state index < -0.39 is 16.7 Å². The van der Waals surface area contributed by atoms with Gasteiger partial charge in [0.15, 0.2) is 5.06 Å². The van der Waals surface area contributed by atoms with Gasteiger partial charge in [0.05, 0.1) is 21.1 Å². The second-order valence-electron chi connectivity index (χ2n) is 5.14. The van der Waals surface area contributed by atoms with Crippen LogP contribution in [0.15, 0.2) is 54.6 Å². The number of hydrogen-bond acceptors (Lipinski definition) is 4. The van der Waals surface area contributed by atoms with Crippen molar-refractivity contribution in [1.82, 2.24) is 0 Å². The largest absolute Gasteiger partial charge is 0.445 e. The first-order valence-electron chi connectivity index (χ1n) is 7.14. The van der Waals surface area contributed by atoms with Gasteiger partial charge < -0.3 is 4.74 Å². The molecule has 1 heterocycles. The zero-order valence-electron chi connectivity index (χ0n) is 12.8. The maximum Gasteiger partial charge on any atom is 0.416 e. The molecule has 0 spiro atoms. The fourth-order valence-corrected chi connectivity index (χ4v) is 3.35. The Labute approximate surface area is 154 Å². The molecule has 3 aromatic rings. The SMILES string of the molecule is O=[N+]([O-])c1ccccc1-c1ccc(Oc2ccc(C(F)(F)F)cc2Cl)s1. The van der Waals surface area contributed by atoms with Crippen LogP contribution in [-0.2, 0) is 6.18 Å². The number of nitrogens with zero attached hydrogens (tertiary/aromatic N) is 1. The Morgan fingerprint density at radius 3 is 2.46 bits per heavy atom. The fraction of sp³-hybridized carbons (Fsp3) is 0.0588. The van der Waals surface area contributed by atoms with Gasteiger partial charge in [0, 0.05) is 10.9 Å². The lowest BCUT2D eigenvalue weighted by atomic mass is 10.1. The van der Waals surface area contributed by atoms with Gasteiger partial charge in [-0.1, -0.05) is 35.1 Å². The first kappa shape index (κ1) is 18.2. The Morgan fingerprint density at radius 1 is 1.08 bits per heavy atom. The zero-order chi connectivity index (χ0) is 18.9. The first-order chi connectivity index (χ1) is 12.3. The van der Waals surface area contributed by atoms with Crippen LogP contribution >= 0.6 is 22.9 Å². The summed E-state index contributed by atoms with van der Waals surface area (Å²) in [5.41, 5.74) is -0.494. The van der Waals surface area contributed by atoms with Crippen LogP contribution in [0.2, 0.25) is 5.02 Å². The topological polar surface area (TPSA) is 52.4 Å². The summed E-state index contributed by atoms with van der Waals surface area (Å²) in [4.78, 5) is 11.2. The molecule has 0 amide bonds. The van der Waals surface area contributed by atoms with Crippen LogP contribution in [0, 0.1) is 10.1 Å². The molecule has 4 nitrogen and oxygen atoms in total. The van der Waals surface area contributed by atoms with Crippen molar-refractivity contribution in [3.8, 4) is 21.3 Å². The molecule has 0 radical (unpaired) electrons. The van der Waals surface area contributed by atoms with Gasteiger partial charge in [-0.15, -0.1) is 0 Å². The van der Waals surface area contributed by atoms with Gasteiger partial charge >= 0.3 is 6.18 Å². The third kappa shape index (κ3) is 3.81. The molecule has 2 aromatic carbocycles. The number of nitro benzene ring substituents is 1. The summed E-state index contributed by atoms with van der Waals surface area (Å²) in [5, 5.41) is 11.3. The van der Waals surface area contributed by atoms with E-state index in [4.69, 9.17) is 16.3 Å². The van der Waals surface area contributed by atoms with Crippen molar-refractivity contribution >= 4 is 28.6 Å². The number of nitro groups is 1. The molecule has 0 saturated heterocycles. The highest BCUT2D eigenvalue weighted by molar-refractivity contribution is 7.17. The molecule has 9 heteroatoms. The number of benzene rings is 2. The Bertz CT molecular complexity index is 972. The lowest BCUT2D eigenvalue weighted by Crippen LogP contribution is -2.04. The molecule has 0 atom stereocenters. The highest BCUT2D eigenvalue weighted by atomic mass is 35.5. The average molecular weight is 400 g/mol. The summed E-state index contributed by atoms with van der Waals surface area (Å²) in [7, 11) is 0. The van der Waals surface area contributed by atoms with Crippen LogP contribution in [0.4, 0.5) is 18.9 Å². The number of halogens is 4. The monoisotopic (exact) mass is 399 g/mol. The molecule has 0 unspecified atom stereocenters. The smallest absolute Gasteiger partial charge is 0.416 e. The molecule has 0 aliphatic rings. The standard InChI is InChI=1S/C17H9ClF3NO3S/c18-12-9-10(17(19,20)21)5-6-14(12)25-16-8-7-15(26-16)11-3-1-2-4-13(11)22(23)24/h1-9H. The molecular weight excluding hydrogens is 391 g/mol. The van der Waals surface area contributed by atoms with Crippen molar-refractivity contribution in [3.05, 3.63) is 75.3 Å². The number of rotatable bonds is 4. The highest BCUT2D eigenvalue weighted by Crippen LogP contribution is 2.41. The van der Waals surface area contributed by atoms with Gasteiger partial charge in [0.25, 0.3) is 5.69 Å². The summed E-state index contributed by atoms with van der Waals surface area (Å²) in [6.45, 7) is 0. The molecule has 26 heavy (non-hydrogen) atoms. The maximum absolute atomic E-state index is 12.7. The van der Waals surface area contributed by atoms with Gasteiger partial charge in [0.1, 0.15) is 5.75 Å². The van der Waals surface area contributed by atoms with Crippen molar-refractivity contribution in [2.75, 3.05) is 0 Å². The summed E-state index contributed by atoms with van der Waals surface area (Å²) >= 11 is 6.99. The predicted octanol–water partition coefficient (Wildman–Crippen LogP) is 6.79. The van der Waals surface area contributed by atoms with E-state index in [9.17, 15) is 23.3 Å². The Hall–Kier alpha value is -2.58. The molecule has 0 fully saturated rings. The lowest BCUT2D eigenvalue weighted by molar-refractivity contribution is -0.384. The van der Waals surface area contributed by atoms with Crippen LogP contribution < -0.4 is 4.74 Å². The van der Waals surface area contributed by atoms with Crippen LogP contribution in [0.5, 0.6) is 10.8 Å². The molecule has 0 saturated carbocycles. The minimum atomic E-state index is -4.50. The summed E-state index contributed by atoms with van der Waals surface area (Å²) in [6.07, 6.45) is -4.50. The summed E-state index contributed by atoms with van der Waals surface area (Å²) in [5.74, 6) is 0.0654. The van der Waals surface area contributed by atoms with Crippen LogP contribution in [-0.4, -0.2) is 4.92 Å². The van der Waals surface area contributed by atoms with E-state index in [2.05, 4.69) is 0 Å². The third-order valence-electron chi connectivity index (χ3n) is 3.42. The van der Waals surface area contributed by atoms with Gasteiger partial charge in [-0.25, -0.2) is 0 Å². The number of thiophene rings is 1. The maximum atomic E-state index is 12.7. The molecule has 0 N–H and O–H groups in total. The van der Waals surface area contributed by atoms with Gasteiger partial charge in [-0.3, -0.25) is 10.1 Å². The number of para-hydroxylation sites is 1. The number of alkyl halides is 3. The average Bonchev–Trinajstić information content (AvgIpc) is 3.04. The van der Waals surface area contributed by atoms with Crippen molar-refractivity contribution in [2.24, 2.45) is 0 Å². The number of ether oxygens (including phenoxy) is 1. The van der Waals surface area contributed by atoms with Gasteiger partial charge in [-0.2, -0.15) is 13.2 Å². The molecule has 3 rings (SSSR count). The van der Waals surface area contributed by atoms with Crippen LogP contribution in [0.1, 0.15) is 5.56 Å². The van der Waals surface area contributed by atoms with Crippen molar-refractivity contribution < 1.29 is 22.8 Å². The van der Waals surface area contributed by atoms with Crippen molar-refractivity contribution in [1.29, 1.82) is 0 Å². The Morgan fingerprint density at radius 2 is 1.81 bits per heavy atom. The van der Waals surface area contributed by atoms with Gasteiger partial charge in [-0.05, 0) is 36.4 Å². The highest BCUT2D eigenvalue weighted by Gasteiger charge is 2.31. The van der Waals surface area contributed by atoms with Gasteiger partial charge in [0.2, 0.25) is 0 Å². The molecule has 0 bridgehead atoms. The minimum absolute atomic E-state index is 0.0477. The normalized spacial score (nSPS) is 11.4. The molecule has 1 aromatic heterocycles. The van der Waals surface area contributed by atoms with E-state index in [0.29, 0.717) is 15.5 Å². The molecule has 0 aliphatic carbocycles. The predicted molar refractivity (Wildman–Crippen MR) is 92.9 cm³/mol. The lowest BCUT2D eigenvalue weighted by Gasteiger charge is -2.10. The molecule has 134 valence electrons. The van der Waals surface area contributed by atoms with E-state index in [0.717, 1.165) is 29.5 Å². The minimum Gasteiger partial charge on any atom is -0.445 e. The van der Waals surface area contributed by atoms with E-state index in [-0.39, 0.29) is 16.5 Å². The van der Waals surface area contributed by atoms with E-state index in [1.807, 2.05) is 0 Å². The fourth-order valence-electron chi connectivity index (χ4n) is 2.23. The molecular formula is C17H9ClF3NO3S. The second kappa shape index (κ2) is 6.97. The second-order valence-corrected chi connectivity index (χ2v) is 6.59. The molecule has 0 aliphatic heterocycles. The number of hydrogen-bond donors (Lipinski definition) is 0. The van der Waals surface area contributed by atoms with Crippen LogP contribution in [0.3, 0.4) is 0 Å². The first-order valence-corrected chi connectivity index (χ1v) is 8.33. The van der Waals surface area contributed by atoms with E-state index in [1.54, 1.807) is 30.3 Å². The third-order valence-corrected chi connectivity index (χ3v) is 4.71. The quantitative estimate of drug-likeness (QED) is 0.358. The zero-order valence-corrected chi connectivity index (χ0v) is 14.4. The van der Waals surface area contributed by atoms with Crippen LogP contribution in [0.25, 0.3) is 10.4 Å². The Balaban J connectivity index is 1.87. The Kier molecular flexibility index (Phi) is 4.88. The summed E-state index contributed by atoms with van der Waals surface area (Å²) < 4.78 is 43.5.